The van der Waals surface area contributed by atoms with Gasteiger partial charge in [0.05, 0.1) is 16.8 Å². The fraction of sp³-hybridized carbons (Fsp3) is 0.273. The number of alkyl halides is 3. The highest BCUT2D eigenvalue weighted by Crippen LogP contribution is 2.32. The van der Waals surface area contributed by atoms with Gasteiger partial charge in [0.15, 0.2) is 5.13 Å². The van der Waals surface area contributed by atoms with E-state index in [-0.39, 0.29) is 16.2 Å². The molecule has 1 aromatic heterocycles. The van der Waals surface area contributed by atoms with Crippen LogP contribution in [0.1, 0.15) is 18.0 Å². The molecule has 0 saturated carbocycles. The van der Waals surface area contributed by atoms with Gasteiger partial charge in [0, 0.05) is 18.1 Å². The van der Waals surface area contributed by atoms with Crippen LogP contribution in [-0.2, 0) is 14.8 Å². The smallest absolute Gasteiger partial charge is 0.475 e. The van der Waals surface area contributed by atoms with E-state index in [4.69, 9.17) is 21.5 Å². The summed E-state index contributed by atoms with van der Waals surface area (Å²) in [6.45, 7) is 2.78. The van der Waals surface area contributed by atoms with Crippen LogP contribution in [0, 0.1) is 5.82 Å². The molecule has 37 heavy (non-hydrogen) atoms. The Balaban J connectivity index is 0.000000479. The first-order valence-corrected chi connectivity index (χ1v) is 13.4. The molecule has 1 aliphatic rings. The molecule has 3 aromatic rings. The molecule has 0 unspecified atom stereocenters. The summed E-state index contributed by atoms with van der Waals surface area (Å²) in [5, 5.41) is 12.3. The van der Waals surface area contributed by atoms with Gasteiger partial charge >= 0.3 is 12.1 Å². The van der Waals surface area contributed by atoms with Gasteiger partial charge < -0.3 is 15.3 Å². The number of benzene rings is 2. The number of aliphatic carboxylic acids is 1. The van der Waals surface area contributed by atoms with Gasteiger partial charge in [-0.3, -0.25) is 4.72 Å². The van der Waals surface area contributed by atoms with Crippen LogP contribution in [-0.4, -0.2) is 55.2 Å². The van der Waals surface area contributed by atoms with Crippen LogP contribution in [0.3, 0.4) is 0 Å². The average molecular weight is 581 g/mol. The zero-order valence-electron chi connectivity index (χ0n) is 18.9. The molecule has 0 bridgehead atoms. The predicted molar refractivity (Wildman–Crippen MR) is 132 cm³/mol. The summed E-state index contributed by atoms with van der Waals surface area (Å²) in [6.07, 6.45) is -2.46. The number of likely N-dealkylation sites (tertiary alicyclic amines) is 1. The molecular formula is C22H21ClF4N4O4S2. The first-order valence-electron chi connectivity index (χ1n) is 10.6. The Morgan fingerprint density at radius 1 is 1.22 bits per heavy atom. The number of halogens is 5. The second-order valence-electron chi connectivity index (χ2n) is 7.77. The predicted octanol–water partition coefficient (Wildman–Crippen LogP) is 5.23. The lowest BCUT2D eigenvalue weighted by Crippen LogP contribution is -2.41. The van der Waals surface area contributed by atoms with E-state index in [1.165, 1.54) is 6.20 Å². The molecule has 1 saturated heterocycles. The van der Waals surface area contributed by atoms with E-state index in [1.807, 2.05) is 30.3 Å². The average Bonchev–Trinajstić information content (AvgIpc) is 3.30. The lowest BCUT2D eigenvalue weighted by Gasteiger charge is -2.35. The van der Waals surface area contributed by atoms with Crippen molar-refractivity contribution in [1.29, 1.82) is 0 Å². The third kappa shape index (κ3) is 8.02. The number of thiazole rings is 1. The highest BCUT2D eigenvalue weighted by Gasteiger charge is 2.38. The van der Waals surface area contributed by atoms with Crippen molar-refractivity contribution >= 4 is 49.7 Å². The van der Waals surface area contributed by atoms with E-state index in [2.05, 4.69) is 19.9 Å². The summed E-state index contributed by atoms with van der Waals surface area (Å²) in [5.41, 5.74) is 1.39. The summed E-state index contributed by atoms with van der Waals surface area (Å²) < 4.78 is 73.9. The number of aromatic nitrogens is 1. The molecule has 0 radical (unpaired) electrons. The standard InChI is InChI=1S/C20H20ClFN4O2S2.C2HF3O2/c21-15-11-19(30(27,28)25-20-23-7-10-29-20)16(22)12-17(15)24-18(13-26-8-4-9-26)14-5-2-1-3-6-14;3-2(4,5)1(6)7/h1-3,5-7,10-12,18,24H,4,8-9,13H2,(H,23,25);(H,6,7)/t18-;/m0./s1. The zero-order valence-corrected chi connectivity index (χ0v) is 21.3. The van der Waals surface area contributed by atoms with Crippen LogP contribution >= 0.6 is 22.9 Å². The lowest BCUT2D eigenvalue weighted by atomic mass is 10.0. The van der Waals surface area contributed by atoms with Crippen molar-refractivity contribution in [1.82, 2.24) is 9.88 Å². The Hall–Kier alpha value is -2.94. The summed E-state index contributed by atoms with van der Waals surface area (Å²) in [4.78, 5) is 14.5. The van der Waals surface area contributed by atoms with Crippen LogP contribution in [0.5, 0.6) is 0 Å². The third-order valence-electron chi connectivity index (χ3n) is 5.13. The quantitative estimate of drug-likeness (QED) is 0.313. The second-order valence-corrected chi connectivity index (χ2v) is 10.7. The molecule has 8 nitrogen and oxygen atoms in total. The number of carbonyl (C=O) groups is 1. The van der Waals surface area contributed by atoms with Gasteiger partial charge in [0.2, 0.25) is 0 Å². The van der Waals surface area contributed by atoms with Gasteiger partial charge in [-0.1, -0.05) is 41.9 Å². The van der Waals surface area contributed by atoms with Crippen LogP contribution in [0.4, 0.5) is 28.4 Å². The molecule has 1 aliphatic heterocycles. The Labute approximate surface area is 219 Å². The molecule has 3 N–H and O–H groups in total. The second kappa shape index (κ2) is 12.1. The van der Waals surface area contributed by atoms with Gasteiger partial charge in [-0.05, 0) is 37.2 Å². The normalized spacial score (nSPS) is 14.6. The number of nitrogens with zero attached hydrogens (tertiary/aromatic N) is 2. The maximum absolute atomic E-state index is 14.8. The highest BCUT2D eigenvalue weighted by molar-refractivity contribution is 7.93. The molecule has 2 aromatic carbocycles. The van der Waals surface area contributed by atoms with E-state index >= 15 is 0 Å². The highest BCUT2D eigenvalue weighted by atomic mass is 35.5. The molecule has 4 rings (SSSR count). The minimum absolute atomic E-state index is 0.112. The van der Waals surface area contributed by atoms with Crippen molar-refractivity contribution in [3.05, 3.63) is 70.4 Å². The van der Waals surface area contributed by atoms with Crippen LogP contribution in [0.25, 0.3) is 0 Å². The van der Waals surface area contributed by atoms with Crippen molar-refractivity contribution in [3.63, 3.8) is 0 Å². The minimum atomic E-state index is -5.08. The number of rotatable bonds is 8. The zero-order chi connectivity index (χ0) is 27.2. The van der Waals surface area contributed by atoms with E-state index < -0.39 is 32.9 Å². The number of hydrogen-bond acceptors (Lipinski definition) is 7. The molecule has 0 spiro atoms. The summed E-state index contributed by atoms with van der Waals surface area (Å²) in [6, 6.07) is 12.0. The van der Waals surface area contributed by atoms with Gasteiger partial charge in [-0.15, -0.1) is 11.3 Å². The van der Waals surface area contributed by atoms with Gasteiger partial charge in [0.25, 0.3) is 10.0 Å². The summed E-state index contributed by atoms with van der Waals surface area (Å²) in [7, 11) is -4.15. The Bertz CT molecular complexity index is 1310. The molecule has 1 atom stereocenters. The maximum atomic E-state index is 14.8. The summed E-state index contributed by atoms with van der Waals surface area (Å²) >= 11 is 7.46. The first kappa shape index (κ1) is 28.6. The molecule has 200 valence electrons. The van der Waals surface area contributed by atoms with Crippen LogP contribution in [0.15, 0.2) is 58.9 Å². The van der Waals surface area contributed by atoms with E-state index in [1.54, 1.807) is 5.38 Å². The van der Waals surface area contributed by atoms with E-state index in [0.717, 1.165) is 55.1 Å². The van der Waals surface area contributed by atoms with E-state index in [9.17, 15) is 26.0 Å². The topological polar surface area (TPSA) is 112 Å². The summed E-state index contributed by atoms with van der Waals surface area (Å²) in [5.74, 6) is -3.64. The SMILES string of the molecule is O=C(O)C(F)(F)F.O=S(=O)(Nc1nccs1)c1cc(Cl)c(N[C@@H](CN2CCC2)c2ccccc2)cc1F. The van der Waals surface area contributed by atoms with Gasteiger partial charge in [-0.25, -0.2) is 22.6 Å². The number of hydrogen-bond donors (Lipinski definition) is 3. The molecule has 1 fully saturated rings. The van der Waals surface area contributed by atoms with Gasteiger partial charge in [0.1, 0.15) is 10.7 Å². The molecule has 2 heterocycles. The lowest BCUT2D eigenvalue weighted by molar-refractivity contribution is -0.192. The maximum Gasteiger partial charge on any atom is 0.490 e. The van der Waals surface area contributed by atoms with Crippen LogP contribution in [0.2, 0.25) is 5.02 Å². The Morgan fingerprint density at radius 3 is 2.38 bits per heavy atom. The monoisotopic (exact) mass is 580 g/mol. The molecule has 0 aliphatic carbocycles. The van der Waals surface area contributed by atoms with Crippen molar-refractivity contribution in [2.75, 3.05) is 29.7 Å². The van der Waals surface area contributed by atoms with Crippen molar-refractivity contribution < 1.29 is 35.9 Å². The minimum Gasteiger partial charge on any atom is -0.475 e. The third-order valence-corrected chi connectivity index (χ3v) is 7.61. The molecular weight excluding hydrogens is 560 g/mol. The fourth-order valence-corrected chi connectivity index (χ4v) is 5.38. The number of carboxylic acid groups (broad SMARTS) is 1. The number of sulfonamides is 1. The van der Waals surface area contributed by atoms with Crippen molar-refractivity contribution in [3.8, 4) is 0 Å². The largest absolute Gasteiger partial charge is 0.490 e. The molecule has 0 amide bonds. The number of nitrogens with one attached hydrogen (secondary N) is 2. The first-order chi connectivity index (χ1) is 17.4. The number of anilines is 2. The Kier molecular flexibility index (Phi) is 9.34. The van der Waals surface area contributed by atoms with E-state index in [0.29, 0.717) is 5.69 Å². The van der Waals surface area contributed by atoms with Gasteiger partial charge in [-0.2, -0.15) is 13.2 Å². The molecule has 15 heteroatoms. The number of carboxylic acids is 1. The van der Waals surface area contributed by atoms with Crippen molar-refractivity contribution in [2.24, 2.45) is 0 Å². The fourth-order valence-electron chi connectivity index (χ4n) is 3.22. The van der Waals surface area contributed by atoms with Crippen LogP contribution < -0.4 is 10.0 Å². The Morgan fingerprint density at radius 2 is 1.86 bits per heavy atom. The van der Waals surface area contributed by atoms with Crippen molar-refractivity contribution in [2.45, 2.75) is 23.5 Å².